The lowest BCUT2D eigenvalue weighted by atomic mass is 9.49. The second kappa shape index (κ2) is 12.2. The van der Waals surface area contributed by atoms with Gasteiger partial charge in [-0.05, 0) is 78.3 Å². The van der Waals surface area contributed by atoms with Crippen molar-refractivity contribution in [1.82, 2.24) is 0 Å². The zero-order valence-corrected chi connectivity index (χ0v) is 28.1. The van der Waals surface area contributed by atoms with E-state index in [4.69, 9.17) is 16.3 Å². The van der Waals surface area contributed by atoms with Crippen molar-refractivity contribution in [2.45, 2.75) is 24.2 Å². The van der Waals surface area contributed by atoms with Gasteiger partial charge in [0.25, 0.3) is 0 Å². The molecule has 0 aromatic heterocycles. The first-order valence-corrected chi connectivity index (χ1v) is 17.1. The predicted octanol–water partition coefficient (Wildman–Crippen LogP) is 4.10. The summed E-state index contributed by atoms with van der Waals surface area (Å²) in [5, 5.41) is 31.5. The maximum Gasteiger partial charge on any atom is 0.488 e. The van der Waals surface area contributed by atoms with Crippen LogP contribution in [0.4, 0.5) is 11.4 Å². The Kier molecular flexibility index (Phi) is 7.90. The minimum absolute atomic E-state index is 0.0764. The summed E-state index contributed by atoms with van der Waals surface area (Å²) in [6.45, 7) is 0. The summed E-state index contributed by atoms with van der Waals surface area (Å²) in [5.41, 5.74) is 0.674. The number of hydrogen-bond acceptors (Lipinski definition) is 8. The molecule has 4 aromatic rings. The summed E-state index contributed by atoms with van der Waals surface area (Å²) in [5.74, 6) is -5.81. The lowest BCUT2D eigenvalue weighted by Gasteiger charge is -2.50. The molecule has 4 aromatic carbocycles. The molecule has 0 radical (unpaired) electrons. The number of carbonyl (C=O) groups excluding carboxylic acids is 4. The van der Waals surface area contributed by atoms with Crippen LogP contribution in [-0.2, 0) is 24.6 Å². The van der Waals surface area contributed by atoms with Gasteiger partial charge in [0.05, 0.1) is 41.7 Å². The van der Waals surface area contributed by atoms with Crippen molar-refractivity contribution >= 4 is 59.2 Å². The fraction of sp³-hybridized carbons (Fsp3) is 0.231. The van der Waals surface area contributed by atoms with Crippen LogP contribution in [0.15, 0.2) is 109 Å². The Labute approximate surface area is 298 Å². The quantitative estimate of drug-likeness (QED) is 0.155. The van der Waals surface area contributed by atoms with Gasteiger partial charge in [-0.25, -0.2) is 4.90 Å². The Hall–Kier alpha value is -5.23. The summed E-state index contributed by atoms with van der Waals surface area (Å²) in [6.07, 6.45) is 2.16. The average Bonchev–Trinajstić information content (AvgIpc) is 3.53. The largest absolute Gasteiger partial charge is 0.508 e. The van der Waals surface area contributed by atoms with Gasteiger partial charge < -0.3 is 19.9 Å². The molecule has 2 aliphatic heterocycles. The van der Waals surface area contributed by atoms with E-state index in [0.29, 0.717) is 33.2 Å². The van der Waals surface area contributed by atoms with Crippen LogP contribution >= 0.6 is 11.6 Å². The number of phenolic OH excluding ortho intramolecular Hbond substituents is 1. The zero-order valence-electron chi connectivity index (χ0n) is 27.3. The Morgan fingerprint density at radius 3 is 2.24 bits per heavy atom. The van der Waals surface area contributed by atoms with Crippen molar-refractivity contribution in [2.75, 3.05) is 16.9 Å². The third kappa shape index (κ3) is 4.79. The topological polar surface area (TPSA) is 145 Å². The van der Waals surface area contributed by atoms with Crippen LogP contribution in [0, 0.1) is 23.7 Å². The summed E-state index contributed by atoms with van der Waals surface area (Å²) in [6, 6.07) is 26.3. The fourth-order valence-corrected chi connectivity index (χ4v) is 9.24. The van der Waals surface area contributed by atoms with E-state index in [2.05, 4.69) is 0 Å². The fourth-order valence-electron chi connectivity index (χ4n) is 9.06. The number of imide groups is 2. The van der Waals surface area contributed by atoms with Crippen molar-refractivity contribution < 1.29 is 39.1 Å². The minimum Gasteiger partial charge on any atom is -0.508 e. The predicted molar refractivity (Wildman–Crippen MR) is 190 cm³/mol. The van der Waals surface area contributed by atoms with Gasteiger partial charge in [0.2, 0.25) is 23.6 Å². The number of methoxy groups -OCH3 is 1. The number of allylic oxidation sites excluding steroid dienone is 2. The number of phenols is 1. The minimum atomic E-state index is -1.80. The smallest absolute Gasteiger partial charge is 0.488 e. The first kappa shape index (κ1) is 32.9. The number of hydrogen-bond donors (Lipinski definition) is 3. The van der Waals surface area contributed by atoms with Gasteiger partial charge in [0.15, 0.2) is 0 Å². The molecule has 51 heavy (non-hydrogen) atoms. The van der Waals surface area contributed by atoms with Crippen LogP contribution in [0.1, 0.15) is 29.9 Å². The summed E-state index contributed by atoms with van der Waals surface area (Å²) >= 11 is 6.38. The summed E-state index contributed by atoms with van der Waals surface area (Å²) < 4.78 is 5.58. The number of halogens is 1. The number of fused-ring (bicyclic) bond motifs is 4. The van der Waals surface area contributed by atoms with Crippen molar-refractivity contribution in [3.05, 3.63) is 125 Å². The number of benzene rings is 4. The molecule has 12 heteroatoms. The molecule has 2 saturated heterocycles. The number of nitrogens with zero attached hydrogens (tertiary/aromatic N) is 2. The van der Waals surface area contributed by atoms with Crippen molar-refractivity contribution in [2.24, 2.45) is 23.7 Å². The molecule has 2 heterocycles. The highest BCUT2D eigenvalue weighted by Crippen LogP contribution is 2.65. The first-order valence-electron chi connectivity index (χ1n) is 16.7. The molecule has 3 fully saturated rings. The van der Waals surface area contributed by atoms with Gasteiger partial charge in [-0.15, -0.1) is 0 Å². The van der Waals surface area contributed by atoms with Crippen LogP contribution in [0.3, 0.4) is 0 Å². The first-order chi connectivity index (χ1) is 24.6. The number of amides is 4. The van der Waals surface area contributed by atoms with Crippen LogP contribution in [0.25, 0.3) is 0 Å². The molecule has 1 saturated carbocycles. The van der Waals surface area contributed by atoms with Crippen LogP contribution < -0.4 is 20.0 Å². The van der Waals surface area contributed by atoms with E-state index in [9.17, 15) is 29.5 Å². The second-order valence-corrected chi connectivity index (χ2v) is 13.9. The molecule has 4 amide bonds. The van der Waals surface area contributed by atoms with E-state index < -0.39 is 65.8 Å². The van der Waals surface area contributed by atoms with Gasteiger partial charge in [0, 0.05) is 16.5 Å². The number of ether oxygens (including phenoxy) is 1. The zero-order chi connectivity index (χ0) is 35.8. The lowest BCUT2D eigenvalue weighted by Crippen LogP contribution is -2.53. The number of anilines is 2. The normalized spacial score (nSPS) is 26.8. The summed E-state index contributed by atoms with van der Waals surface area (Å²) in [4.78, 5) is 61.0. The third-order valence-electron chi connectivity index (χ3n) is 11.1. The Balaban J connectivity index is 1.35. The second-order valence-electron chi connectivity index (χ2n) is 13.5. The highest BCUT2D eigenvalue weighted by Gasteiger charge is 2.70. The highest BCUT2D eigenvalue weighted by atomic mass is 35.5. The molecule has 0 spiro atoms. The van der Waals surface area contributed by atoms with E-state index >= 15 is 4.79 Å². The number of carbonyl (C=O) groups is 4. The SMILES string of the molecule is COc1ccc(O)c([C@H]2C3=CC[C@@H]4C(=O)N(c5cccc(B(O)O)c5)C(=O)[C@@H]4[C@@H]3C[C@H]3C(=O)N(c4cccc(Cl)c4)C(=O)[C@@]23c2ccccc2)c1. The number of rotatable bonds is 6. The van der Waals surface area contributed by atoms with Gasteiger partial charge in [-0.3, -0.25) is 24.1 Å². The highest BCUT2D eigenvalue weighted by molar-refractivity contribution is 6.58. The van der Waals surface area contributed by atoms with E-state index in [0.717, 1.165) is 4.90 Å². The van der Waals surface area contributed by atoms with Crippen LogP contribution in [0.5, 0.6) is 11.5 Å². The van der Waals surface area contributed by atoms with Crippen LogP contribution in [-0.4, -0.2) is 53.0 Å². The van der Waals surface area contributed by atoms with E-state index in [1.165, 1.54) is 30.2 Å². The monoisotopic (exact) mass is 702 g/mol. The van der Waals surface area contributed by atoms with Crippen molar-refractivity contribution in [3.8, 4) is 11.5 Å². The van der Waals surface area contributed by atoms with E-state index in [1.807, 2.05) is 24.3 Å². The molecule has 256 valence electrons. The van der Waals surface area contributed by atoms with Crippen molar-refractivity contribution in [3.63, 3.8) is 0 Å². The maximum atomic E-state index is 15.3. The van der Waals surface area contributed by atoms with Crippen molar-refractivity contribution in [1.29, 1.82) is 0 Å². The molecule has 6 atom stereocenters. The van der Waals surface area contributed by atoms with Gasteiger partial charge in [0.1, 0.15) is 11.5 Å². The lowest BCUT2D eigenvalue weighted by molar-refractivity contribution is -0.127. The van der Waals surface area contributed by atoms with Gasteiger partial charge >= 0.3 is 7.12 Å². The molecule has 2 aliphatic carbocycles. The summed E-state index contributed by atoms with van der Waals surface area (Å²) in [7, 11) is -0.310. The molecular formula is C39H32BClN2O8. The molecule has 10 nitrogen and oxygen atoms in total. The standard InChI is InChI=1S/C39H32BClN2O8/c1-51-26-13-16-32(44)30(19-26)34-27-14-15-28-33(37(47)42(35(28)45)24-11-5-9-22(17-24)40(49)50)29(27)20-31-36(46)43(25-12-6-10-23(41)18-25)38(48)39(31,34)21-7-3-2-4-8-21/h2-14,16-19,28-29,31,33-34,44,49-50H,15,20H2,1H3/t28-,29+,31-,33-,34+,39+/m0/s1. The Bertz CT molecular complexity index is 2160. The third-order valence-corrected chi connectivity index (χ3v) is 11.4. The van der Waals surface area contributed by atoms with E-state index in [-0.39, 0.29) is 29.7 Å². The van der Waals surface area contributed by atoms with Gasteiger partial charge in [-0.1, -0.05) is 71.8 Å². The molecule has 0 bridgehead atoms. The molecule has 8 rings (SSSR count). The molecule has 4 aliphatic rings. The molecular weight excluding hydrogens is 671 g/mol. The molecule has 0 unspecified atom stereocenters. The Morgan fingerprint density at radius 1 is 0.804 bits per heavy atom. The van der Waals surface area contributed by atoms with Gasteiger partial charge in [-0.2, -0.15) is 0 Å². The maximum absolute atomic E-state index is 15.3. The van der Waals surface area contributed by atoms with E-state index in [1.54, 1.807) is 60.7 Å². The molecule has 3 N–H and O–H groups in total. The van der Waals surface area contributed by atoms with Crippen LogP contribution in [0.2, 0.25) is 5.02 Å². The number of aromatic hydroxyl groups is 1. The Morgan fingerprint density at radius 2 is 1.53 bits per heavy atom. The average molecular weight is 703 g/mol.